The van der Waals surface area contributed by atoms with Gasteiger partial charge in [-0.1, -0.05) is 64.0 Å². The summed E-state index contributed by atoms with van der Waals surface area (Å²) >= 11 is 5.87. The molecule has 0 amide bonds. The lowest BCUT2D eigenvalue weighted by Crippen LogP contribution is -2.34. The van der Waals surface area contributed by atoms with Crippen LogP contribution in [-0.2, 0) is 27.7 Å². The first-order valence-electron chi connectivity index (χ1n) is 15.3. The number of allylic oxidation sites excluding steroid dienone is 3. The molecule has 42 heavy (non-hydrogen) atoms. The first-order chi connectivity index (χ1) is 20.4. The van der Waals surface area contributed by atoms with Gasteiger partial charge in [0.25, 0.3) is 0 Å². The van der Waals surface area contributed by atoms with Crippen LogP contribution >= 0.6 is 11.6 Å². The van der Waals surface area contributed by atoms with Gasteiger partial charge in [0.2, 0.25) is 6.79 Å². The van der Waals surface area contributed by atoms with Crippen LogP contribution in [0.4, 0.5) is 0 Å². The van der Waals surface area contributed by atoms with Crippen molar-refractivity contribution >= 4 is 17.3 Å². The molecule has 2 aromatic rings. The SMILES string of the molecule is COC1=CC=C2C(=CN3CCc4cc5c(cc4C3=C2Cc2ccc(C(C)(C)C)cc2)OCO5)C1OCCCCCCCl. The molecule has 1 unspecified atom stereocenters. The second-order valence-corrected chi connectivity index (χ2v) is 12.9. The number of methoxy groups -OCH3 is 1. The highest BCUT2D eigenvalue weighted by molar-refractivity contribution is 6.17. The number of hydrogen-bond acceptors (Lipinski definition) is 5. The van der Waals surface area contributed by atoms with Crippen LogP contribution in [0.3, 0.4) is 0 Å². The molecule has 3 aliphatic heterocycles. The second-order valence-electron chi connectivity index (χ2n) is 12.5. The van der Waals surface area contributed by atoms with E-state index in [0.717, 1.165) is 68.2 Å². The molecule has 6 heteroatoms. The number of hydrogen-bond donors (Lipinski definition) is 0. The molecule has 2 aromatic carbocycles. The maximum atomic E-state index is 6.58. The van der Waals surface area contributed by atoms with Crippen LogP contribution in [0.15, 0.2) is 77.2 Å². The smallest absolute Gasteiger partial charge is 0.231 e. The van der Waals surface area contributed by atoms with Gasteiger partial charge in [-0.05, 0) is 70.7 Å². The molecule has 0 spiro atoms. The van der Waals surface area contributed by atoms with E-state index in [1.807, 2.05) is 0 Å². The molecule has 4 aliphatic rings. The summed E-state index contributed by atoms with van der Waals surface area (Å²) in [5.41, 5.74) is 10.2. The minimum atomic E-state index is -0.235. The summed E-state index contributed by atoms with van der Waals surface area (Å²) in [6.45, 7) is 8.63. The zero-order valence-corrected chi connectivity index (χ0v) is 26.1. The quantitative estimate of drug-likeness (QED) is 0.208. The average molecular weight is 588 g/mol. The minimum Gasteiger partial charge on any atom is -0.498 e. The van der Waals surface area contributed by atoms with Gasteiger partial charge in [0.15, 0.2) is 11.5 Å². The molecule has 1 aliphatic carbocycles. The number of rotatable bonds is 10. The van der Waals surface area contributed by atoms with E-state index in [1.165, 1.54) is 44.7 Å². The number of unbranched alkanes of at least 4 members (excludes halogenated alkanes) is 3. The molecule has 6 rings (SSSR count). The Morgan fingerprint density at radius 3 is 2.48 bits per heavy atom. The summed E-state index contributed by atoms with van der Waals surface area (Å²) in [5.74, 6) is 3.24. The maximum Gasteiger partial charge on any atom is 0.231 e. The molecule has 3 heterocycles. The Balaban J connectivity index is 1.39. The lowest BCUT2D eigenvalue weighted by atomic mass is 9.79. The predicted octanol–water partition coefficient (Wildman–Crippen LogP) is 8.08. The summed E-state index contributed by atoms with van der Waals surface area (Å²) in [4.78, 5) is 2.42. The maximum absolute atomic E-state index is 6.58. The van der Waals surface area contributed by atoms with E-state index in [1.54, 1.807) is 7.11 Å². The van der Waals surface area contributed by atoms with Crippen LogP contribution in [0, 0.1) is 0 Å². The number of nitrogens with zero attached hydrogens (tertiary/aromatic N) is 1. The van der Waals surface area contributed by atoms with Crippen LogP contribution in [0.25, 0.3) is 5.70 Å². The first kappa shape index (κ1) is 28.9. The van der Waals surface area contributed by atoms with Gasteiger partial charge in [-0.25, -0.2) is 0 Å². The standard InChI is InChI=1S/C36H42ClNO4/c1-36(2,3)26-11-9-24(10-12-26)19-29-27-13-14-31(39-4)35(40-18-8-6-5-7-16-37)30(27)22-38-17-15-25-20-32-33(42-23-41-32)21-28(25)34(29)38/h9-14,20-22,35H,5-8,15-19,23H2,1-4H3. The van der Waals surface area contributed by atoms with Crippen LogP contribution in [0.2, 0.25) is 0 Å². The average Bonchev–Trinajstić information content (AvgIpc) is 3.44. The van der Waals surface area contributed by atoms with Gasteiger partial charge in [-0.2, -0.15) is 0 Å². The Labute approximate surface area is 255 Å². The first-order valence-corrected chi connectivity index (χ1v) is 15.8. The Kier molecular flexibility index (Phi) is 8.42. The van der Waals surface area contributed by atoms with Crippen molar-refractivity contribution in [2.45, 2.75) is 70.8 Å². The van der Waals surface area contributed by atoms with Crippen molar-refractivity contribution in [2.24, 2.45) is 0 Å². The molecule has 0 saturated carbocycles. The van der Waals surface area contributed by atoms with Crippen molar-refractivity contribution in [1.29, 1.82) is 0 Å². The van der Waals surface area contributed by atoms with Crippen molar-refractivity contribution in [1.82, 2.24) is 4.90 Å². The summed E-state index contributed by atoms with van der Waals surface area (Å²) in [6, 6.07) is 13.5. The van der Waals surface area contributed by atoms with E-state index in [2.05, 4.69) is 80.4 Å². The molecule has 0 saturated heterocycles. The van der Waals surface area contributed by atoms with E-state index in [0.29, 0.717) is 6.61 Å². The number of alkyl halides is 1. The van der Waals surface area contributed by atoms with Crippen molar-refractivity contribution in [3.05, 3.63) is 99.5 Å². The van der Waals surface area contributed by atoms with Crippen molar-refractivity contribution < 1.29 is 18.9 Å². The highest BCUT2D eigenvalue weighted by atomic mass is 35.5. The number of fused-ring (bicyclic) bond motifs is 5. The third kappa shape index (κ3) is 5.74. The number of ether oxygens (including phenoxy) is 4. The molecular formula is C36H42ClNO4. The Morgan fingerprint density at radius 1 is 0.976 bits per heavy atom. The zero-order valence-electron chi connectivity index (χ0n) is 25.3. The summed E-state index contributed by atoms with van der Waals surface area (Å²) in [5, 5.41) is 0. The molecule has 0 aromatic heterocycles. The lowest BCUT2D eigenvalue weighted by Gasteiger charge is -2.40. The van der Waals surface area contributed by atoms with Gasteiger partial charge in [0.1, 0.15) is 11.9 Å². The van der Waals surface area contributed by atoms with Crippen LogP contribution in [-0.4, -0.2) is 43.9 Å². The summed E-state index contributed by atoms with van der Waals surface area (Å²) in [6.07, 6.45) is 12.4. The third-order valence-electron chi connectivity index (χ3n) is 8.68. The highest BCUT2D eigenvalue weighted by Gasteiger charge is 2.37. The molecule has 0 bridgehead atoms. The Hall–Kier alpha value is -3.15. The van der Waals surface area contributed by atoms with E-state index in [-0.39, 0.29) is 18.3 Å². The highest BCUT2D eigenvalue weighted by Crippen LogP contribution is 2.47. The van der Waals surface area contributed by atoms with Gasteiger partial charge in [0, 0.05) is 42.8 Å². The summed E-state index contributed by atoms with van der Waals surface area (Å²) < 4.78 is 24.0. The lowest BCUT2D eigenvalue weighted by molar-refractivity contribution is 0.0581. The molecule has 0 N–H and O–H groups in total. The zero-order chi connectivity index (χ0) is 29.3. The third-order valence-corrected chi connectivity index (χ3v) is 8.95. The van der Waals surface area contributed by atoms with Gasteiger partial charge in [-0.3, -0.25) is 0 Å². The van der Waals surface area contributed by atoms with Crippen LogP contribution in [0.1, 0.15) is 68.7 Å². The van der Waals surface area contributed by atoms with E-state index < -0.39 is 0 Å². The van der Waals surface area contributed by atoms with Crippen molar-refractivity contribution in [2.75, 3.05) is 32.9 Å². The van der Waals surface area contributed by atoms with Crippen LogP contribution < -0.4 is 9.47 Å². The predicted molar refractivity (Wildman–Crippen MR) is 169 cm³/mol. The van der Waals surface area contributed by atoms with Crippen molar-refractivity contribution in [3.63, 3.8) is 0 Å². The van der Waals surface area contributed by atoms with E-state index >= 15 is 0 Å². The molecule has 0 radical (unpaired) electrons. The monoisotopic (exact) mass is 587 g/mol. The van der Waals surface area contributed by atoms with Crippen LogP contribution in [0.5, 0.6) is 11.5 Å². The van der Waals surface area contributed by atoms with E-state index in [9.17, 15) is 0 Å². The number of halogens is 1. The molecular weight excluding hydrogens is 546 g/mol. The van der Waals surface area contributed by atoms with E-state index in [4.69, 9.17) is 30.5 Å². The van der Waals surface area contributed by atoms with Gasteiger partial charge < -0.3 is 23.8 Å². The van der Waals surface area contributed by atoms with Gasteiger partial charge in [0.05, 0.1) is 12.8 Å². The molecule has 0 fully saturated rings. The Bertz CT molecular complexity index is 1440. The molecule has 5 nitrogen and oxygen atoms in total. The fourth-order valence-corrected chi connectivity index (χ4v) is 6.53. The number of benzene rings is 2. The normalized spacial score (nSPS) is 19.0. The Morgan fingerprint density at radius 2 is 1.74 bits per heavy atom. The largest absolute Gasteiger partial charge is 0.498 e. The topological polar surface area (TPSA) is 40.2 Å². The van der Waals surface area contributed by atoms with Gasteiger partial charge >= 0.3 is 0 Å². The second kappa shape index (κ2) is 12.2. The fraction of sp³-hybridized carbons (Fsp3) is 0.444. The minimum absolute atomic E-state index is 0.116. The fourth-order valence-electron chi connectivity index (χ4n) is 6.34. The molecule has 1 atom stereocenters. The molecule has 222 valence electrons. The van der Waals surface area contributed by atoms with Crippen molar-refractivity contribution in [3.8, 4) is 11.5 Å². The summed E-state index contributed by atoms with van der Waals surface area (Å²) in [7, 11) is 1.74. The van der Waals surface area contributed by atoms with Gasteiger partial charge in [-0.15, -0.1) is 11.6 Å².